The molecule has 112 valence electrons. The number of halogens is 1. The van der Waals surface area contributed by atoms with E-state index < -0.39 is 0 Å². The van der Waals surface area contributed by atoms with Crippen LogP contribution in [-0.4, -0.2) is 14.2 Å². The standard InChI is InChI=1S/C17H13BrO4/c1-20-16-7-12-13(19)8-14(10-4-3-5-11(18)6-10)22-15(12)9-17(16)21-2/h3-9H,1-2H3. The fraction of sp³-hybridized carbons (Fsp3) is 0.118. The van der Waals surface area contributed by atoms with Gasteiger partial charge in [-0.3, -0.25) is 4.79 Å². The van der Waals surface area contributed by atoms with E-state index in [2.05, 4.69) is 15.9 Å². The first-order chi connectivity index (χ1) is 10.6. The highest BCUT2D eigenvalue weighted by Gasteiger charge is 2.12. The largest absolute Gasteiger partial charge is 0.493 e. The van der Waals surface area contributed by atoms with Gasteiger partial charge in [-0.25, -0.2) is 0 Å². The molecule has 3 rings (SSSR count). The Hall–Kier alpha value is -2.27. The van der Waals surface area contributed by atoms with E-state index in [1.807, 2.05) is 24.3 Å². The van der Waals surface area contributed by atoms with Crippen LogP contribution in [0, 0.1) is 0 Å². The van der Waals surface area contributed by atoms with Gasteiger partial charge < -0.3 is 13.9 Å². The molecule has 0 radical (unpaired) electrons. The summed E-state index contributed by atoms with van der Waals surface area (Å²) < 4.78 is 17.3. The van der Waals surface area contributed by atoms with Crippen LogP contribution in [-0.2, 0) is 0 Å². The number of fused-ring (bicyclic) bond motifs is 1. The molecule has 0 bridgehead atoms. The third-order valence-corrected chi connectivity index (χ3v) is 3.84. The Balaban J connectivity index is 2.26. The molecule has 0 spiro atoms. The molecule has 0 atom stereocenters. The first-order valence-electron chi connectivity index (χ1n) is 6.58. The summed E-state index contributed by atoms with van der Waals surface area (Å²) in [6.07, 6.45) is 0. The van der Waals surface area contributed by atoms with Crippen molar-refractivity contribution in [1.82, 2.24) is 0 Å². The molecule has 3 aromatic rings. The number of hydrogen-bond acceptors (Lipinski definition) is 4. The Morgan fingerprint density at radius 1 is 1.00 bits per heavy atom. The number of methoxy groups -OCH3 is 2. The van der Waals surface area contributed by atoms with Crippen LogP contribution >= 0.6 is 15.9 Å². The van der Waals surface area contributed by atoms with Gasteiger partial charge in [-0.05, 0) is 18.2 Å². The Bertz CT molecular complexity index is 899. The molecule has 5 heteroatoms. The Morgan fingerprint density at radius 2 is 1.73 bits per heavy atom. The highest BCUT2D eigenvalue weighted by molar-refractivity contribution is 9.10. The molecule has 0 aliphatic rings. The summed E-state index contributed by atoms with van der Waals surface area (Å²) in [7, 11) is 3.07. The van der Waals surface area contributed by atoms with Gasteiger partial charge in [-0.1, -0.05) is 28.1 Å². The zero-order valence-electron chi connectivity index (χ0n) is 12.1. The fourth-order valence-corrected chi connectivity index (χ4v) is 2.67. The molecule has 0 aliphatic heterocycles. The average Bonchev–Trinajstić information content (AvgIpc) is 2.53. The second-order valence-electron chi connectivity index (χ2n) is 4.69. The van der Waals surface area contributed by atoms with E-state index in [9.17, 15) is 4.79 Å². The van der Waals surface area contributed by atoms with Gasteiger partial charge in [0.05, 0.1) is 19.6 Å². The van der Waals surface area contributed by atoms with E-state index in [1.165, 1.54) is 13.2 Å². The lowest BCUT2D eigenvalue weighted by atomic mass is 10.1. The van der Waals surface area contributed by atoms with E-state index in [0.29, 0.717) is 28.2 Å². The third kappa shape index (κ3) is 2.60. The van der Waals surface area contributed by atoms with Gasteiger partial charge in [0.25, 0.3) is 0 Å². The summed E-state index contributed by atoms with van der Waals surface area (Å²) in [6, 6.07) is 12.4. The van der Waals surface area contributed by atoms with Crippen LogP contribution in [0.3, 0.4) is 0 Å². The molecule has 0 amide bonds. The SMILES string of the molecule is COc1cc2oc(-c3cccc(Br)c3)cc(=O)c2cc1OC. The molecule has 0 unspecified atom stereocenters. The van der Waals surface area contributed by atoms with Gasteiger partial charge >= 0.3 is 0 Å². The second kappa shape index (κ2) is 5.85. The van der Waals surface area contributed by atoms with E-state index in [4.69, 9.17) is 13.9 Å². The van der Waals surface area contributed by atoms with Crippen molar-refractivity contribution < 1.29 is 13.9 Å². The number of benzene rings is 2. The van der Waals surface area contributed by atoms with Gasteiger partial charge in [0.2, 0.25) is 0 Å². The molecule has 0 fully saturated rings. The van der Waals surface area contributed by atoms with Crippen molar-refractivity contribution in [3.8, 4) is 22.8 Å². The second-order valence-corrected chi connectivity index (χ2v) is 5.60. The van der Waals surface area contributed by atoms with Gasteiger partial charge in [-0.2, -0.15) is 0 Å². The van der Waals surface area contributed by atoms with Crippen molar-refractivity contribution in [2.24, 2.45) is 0 Å². The molecule has 1 aromatic heterocycles. The molecule has 0 saturated heterocycles. The van der Waals surface area contributed by atoms with Crippen LogP contribution in [0.4, 0.5) is 0 Å². The maximum absolute atomic E-state index is 12.4. The van der Waals surface area contributed by atoms with E-state index in [0.717, 1.165) is 10.0 Å². The lowest BCUT2D eigenvalue weighted by Crippen LogP contribution is -2.02. The van der Waals surface area contributed by atoms with Crippen molar-refractivity contribution in [1.29, 1.82) is 0 Å². The zero-order valence-corrected chi connectivity index (χ0v) is 13.6. The molecule has 4 nitrogen and oxygen atoms in total. The summed E-state index contributed by atoms with van der Waals surface area (Å²) in [5.74, 6) is 1.52. The maximum atomic E-state index is 12.4. The predicted octanol–water partition coefficient (Wildman–Crippen LogP) is 4.24. The summed E-state index contributed by atoms with van der Waals surface area (Å²) in [6.45, 7) is 0. The fourth-order valence-electron chi connectivity index (χ4n) is 2.27. The van der Waals surface area contributed by atoms with Gasteiger partial charge in [0.1, 0.15) is 11.3 Å². The van der Waals surface area contributed by atoms with Crippen molar-refractivity contribution in [2.45, 2.75) is 0 Å². The van der Waals surface area contributed by atoms with Gasteiger partial charge in [-0.15, -0.1) is 0 Å². The molecular formula is C17H13BrO4. The van der Waals surface area contributed by atoms with Crippen molar-refractivity contribution in [3.63, 3.8) is 0 Å². The van der Waals surface area contributed by atoms with E-state index >= 15 is 0 Å². The van der Waals surface area contributed by atoms with Crippen LogP contribution in [0.25, 0.3) is 22.3 Å². The van der Waals surface area contributed by atoms with E-state index in [-0.39, 0.29) is 5.43 Å². The topological polar surface area (TPSA) is 48.7 Å². The van der Waals surface area contributed by atoms with E-state index in [1.54, 1.807) is 19.2 Å². The zero-order chi connectivity index (χ0) is 15.7. The minimum Gasteiger partial charge on any atom is -0.493 e. The monoisotopic (exact) mass is 360 g/mol. The minimum atomic E-state index is -0.128. The van der Waals surface area contributed by atoms with Gasteiger partial charge in [0, 0.05) is 22.2 Å². The number of rotatable bonds is 3. The highest BCUT2D eigenvalue weighted by Crippen LogP contribution is 2.32. The minimum absolute atomic E-state index is 0.128. The predicted molar refractivity (Wildman–Crippen MR) is 88.7 cm³/mol. The molecular weight excluding hydrogens is 348 g/mol. The van der Waals surface area contributed by atoms with Crippen LogP contribution in [0.5, 0.6) is 11.5 Å². The van der Waals surface area contributed by atoms with Crippen molar-refractivity contribution >= 4 is 26.9 Å². The number of hydrogen-bond donors (Lipinski definition) is 0. The Morgan fingerprint density at radius 3 is 2.41 bits per heavy atom. The maximum Gasteiger partial charge on any atom is 0.193 e. The highest BCUT2D eigenvalue weighted by atomic mass is 79.9. The summed E-state index contributed by atoms with van der Waals surface area (Å²) in [5.41, 5.74) is 1.15. The van der Waals surface area contributed by atoms with Crippen LogP contribution in [0.15, 0.2) is 56.1 Å². The lowest BCUT2D eigenvalue weighted by molar-refractivity contribution is 0.355. The molecule has 0 aliphatic carbocycles. The van der Waals surface area contributed by atoms with Crippen molar-refractivity contribution in [2.75, 3.05) is 14.2 Å². The molecule has 22 heavy (non-hydrogen) atoms. The summed E-state index contributed by atoms with van der Waals surface area (Å²) >= 11 is 3.41. The molecule has 1 heterocycles. The van der Waals surface area contributed by atoms with Crippen LogP contribution < -0.4 is 14.9 Å². The first kappa shape index (κ1) is 14.7. The summed E-state index contributed by atoms with van der Waals surface area (Å²) in [5, 5.41) is 0.455. The average molecular weight is 361 g/mol. The molecule has 0 saturated carbocycles. The Kier molecular flexibility index (Phi) is 3.90. The van der Waals surface area contributed by atoms with Crippen molar-refractivity contribution in [3.05, 3.63) is 57.2 Å². The van der Waals surface area contributed by atoms with Crippen LogP contribution in [0.2, 0.25) is 0 Å². The quantitative estimate of drug-likeness (QED) is 0.700. The lowest BCUT2D eigenvalue weighted by Gasteiger charge is -2.09. The first-order valence-corrected chi connectivity index (χ1v) is 7.37. The molecule has 2 aromatic carbocycles. The summed E-state index contributed by atoms with van der Waals surface area (Å²) in [4.78, 5) is 12.4. The molecule has 0 N–H and O–H groups in total. The Labute approximate surface area is 135 Å². The third-order valence-electron chi connectivity index (χ3n) is 3.34. The number of ether oxygens (including phenoxy) is 2. The smallest absolute Gasteiger partial charge is 0.193 e. The normalized spacial score (nSPS) is 10.7. The van der Waals surface area contributed by atoms with Gasteiger partial charge in [0.15, 0.2) is 16.9 Å². The van der Waals surface area contributed by atoms with Crippen LogP contribution in [0.1, 0.15) is 0 Å².